The van der Waals surface area contributed by atoms with Gasteiger partial charge in [0.05, 0.1) is 17.7 Å². The van der Waals surface area contributed by atoms with Crippen LogP contribution in [-0.2, 0) is 4.74 Å². The van der Waals surface area contributed by atoms with Crippen molar-refractivity contribution in [1.82, 2.24) is 0 Å². The lowest BCUT2D eigenvalue weighted by atomic mass is 10.1. The van der Waals surface area contributed by atoms with E-state index in [1.54, 1.807) is 13.2 Å². The summed E-state index contributed by atoms with van der Waals surface area (Å²) in [4.78, 5) is 10.8. The Balaban J connectivity index is 2.77. The highest BCUT2D eigenvalue weighted by Gasteiger charge is 2.08. The van der Waals surface area contributed by atoms with Gasteiger partial charge in [0.15, 0.2) is 0 Å². The summed E-state index contributed by atoms with van der Waals surface area (Å²) in [6.07, 6.45) is 6.03. The minimum absolute atomic E-state index is 0.158. The fourth-order valence-electron chi connectivity index (χ4n) is 1.28. The second kappa shape index (κ2) is 6.56. The number of carboxylic acids is 1. The molecule has 0 saturated heterocycles. The van der Waals surface area contributed by atoms with Gasteiger partial charge in [0, 0.05) is 20.1 Å². The van der Waals surface area contributed by atoms with Crippen molar-refractivity contribution in [2.24, 2.45) is 0 Å². The summed E-state index contributed by atoms with van der Waals surface area (Å²) >= 11 is 0. The Hall–Kier alpha value is -1.99. The molecule has 4 heteroatoms. The van der Waals surface area contributed by atoms with E-state index >= 15 is 0 Å². The van der Waals surface area contributed by atoms with Crippen LogP contribution in [-0.4, -0.2) is 31.4 Å². The zero-order valence-electron chi connectivity index (χ0n) is 9.60. The Kier molecular flexibility index (Phi) is 5.05. The van der Waals surface area contributed by atoms with Gasteiger partial charge in [-0.05, 0) is 18.2 Å². The average Bonchev–Trinajstić information content (AvgIpc) is 2.34. The lowest BCUT2D eigenvalue weighted by Gasteiger charge is -2.08. The molecule has 1 aromatic carbocycles. The molecule has 0 unspecified atom stereocenters. The molecule has 0 amide bonds. The quantitative estimate of drug-likeness (QED) is 0.602. The Morgan fingerprint density at radius 2 is 2.24 bits per heavy atom. The first-order valence-electron chi connectivity index (χ1n) is 5.14. The fraction of sp³-hybridized carbons (Fsp3) is 0.308. The van der Waals surface area contributed by atoms with Crippen LogP contribution in [0.1, 0.15) is 22.3 Å². The molecule has 1 aromatic rings. The monoisotopic (exact) mass is 234 g/mol. The van der Waals surface area contributed by atoms with Crippen molar-refractivity contribution in [1.29, 1.82) is 0 Å². The van der Waals surface area contributed by atoms with Crippen LogP contribution in [0.2, 0.25) is 0 Å². The number of rotatable bonds is 6. The SMILES string of the molecule is C#Cc1ccc(C(=O)O)cc1OCCCOC. The summed E-state index contributed by atoms with van der Waals surface area (Å²) in [5.74, 6) is 1.87. The molecule has 0 heterocycles. The molecular weight excluding hydrogens is 220 g/mol. The number of terminal acetylenes is 1. The summed E-state index contributed by atoms with van der Waals surface area (Å²) < 4.78 is 10.3. The van der Waals surface area contributed by atoms with Crippen LogP contribution in [0.15, 0.2) is 18.2 Å². The highest BCUT2D eigenvalue weighted by Crippen LogP contribution is 2.20. The Morgan fingerprint density at radius 3 is 2.82 bits per heavy atom. The second-order valence-corrected chi connectivity index (χ2v) is 3.36. The normalized spacial score (nSPS) is 9.65. The molecule has 0 bridgehead atoms. The standard InChI is InChI=1S/C13H14O4/c1-3-10-5-6-11(13(14)15)9-12(10)17-8-4-7-16-2/h1,5-6,9H,4,7-8H2,2H3,(H,14,15). The molecule has 17 heavy (non-hydrogen) atoms. The van der Waals surface area contributed by atoms with Gasteiger partial charge in [0.25, 0.3) is 0 Å². The Morgan fingerprint density at radius 1 is 1.47 bits per heavy atom. The predicted molar refractivity (Wildman–Crippen MR) is 63.3 cm³/mol. The van der Waals surface area contributed by atoms with Crippen molar-refractivity contribution in [3.63, 3.8) is 0 Å². The van der Waals surface area contributed by atoms with E-state index in [0.717, 1.165) is 6.42 Å². The van der Waals surface area contributed by atoms with Gasteiger partial charge in [0.1, 0.15) is 5.75 Å². The molecular formula is C13H14O4. The molecule has 1 rings (SSSR count). The number of hydrogen-bond donors (Lipinski definition) is 1. The first kappa shape index (κ1) is 13.1. The van der Waals surface area contributed by atoms with Crippen LogP contribution in [0.5, 0.6) is 5.75 Å². The molecule has 0 radical (unpaired) electrons. The number of hydrogen-bond acceptors (Lipinski definition) is 3. The maximum absolute atomic E-state index is 10.8. The number of ether oxygens (including phenoxy) is 2. The van der Waals surface area contributed by atoms with E-state index in [1.165, 1.54) is 12.1 Å². The van der Waals surface area contributed by atoms with Gasteiger partial charge in [-0.25, -0.2) is 4.79 Å². The van der Waals surface area contributed by atoms with Gasteiger partial charge in [0.2, 0.25) is 0 Å². The molecule has 0 aliphatic rings. The van der Waals surface area contributed by atoms with Crippen molar-refractivity contribution in [2.45, 2.75) is 6.42 Å². The van der Waals surface area contributed by atoms with E-state index in [1.807, 2.05) is 0 Å². The molecule has 0 spiro atoms. The van der Waals surface area contributed by atoms with Gasteiger partial charge in [-0.2, -0.15) is 0 Å². The molecule has 90 valence electrons. The largest absolute Gasteiger partial charge is 0.492 e. The maximum Gasteiger partial charge on any atom is 0.335 e. The number of aromatic carboxylic acids is 1. The summed E-state index contributed by atoms with van der Waals surface area (Å²) in [7, 11) is 1.61. The molecule has 0 aromatic heterocycles. The van der Waals surface area contributed by atoms with E-state index in [9.17, 15) is 4.79 Å². The zero-order valence-corrected chi connectivity index (χ0v) is 9.60. The molecule has 0 aliphatic carbocycles. The molecule has 0 atom stereocenters. The van der Waals surface area contributed by atoms with E-state index in [0.29, 0.717) is 24.5 Å². The van der Waals surface area contributed by atoms with Crippen LogP contribution in [0, 0.1) is 12.3 Å². The van der Waals surface area contributed by atoms with Gasteiger partial charge in [-0.1, -0.05) is 5.92 Å². The number of carboxylic acid groups (broad SMARTS) is 1. The minimum Gasteiger partial charge on any atom is -0.492 e. The average molecular weight is 234 g/mol. The van der Waals surface area contributed by atoms with Crippen molar-refractivity contribution in [3.8, 4) is 18.1 Å². The lowest BCUT2D eigenvalue weighted by Crippen LogP contribution is -2.04. The van der Waals surface area contributed by atoms with Crippen molar-refractivity contribution >= 4 is 5.97 Å². The fourth-order valence-corrected chi connectivity index (χ4v) is 1.28. The van der Waals surface area contributed by atoms with E-state index < -0.39 is 5.97 Å². The summed E-state index contributed by atoms with van der Waals surface area (Å²) in [6.45, 7) is 1.02. The van der Waals surface area contributed by atoms with Gasteiger partial charge < -0.3 is 14.6 Å². The first-order chi connectivity index (χ1) is 8.19. The summed E-state index contributed by atoms with van der Waals surface area (Å²) in [6, 6.07) is 4.46. The van der Waals surface area contributed by atoms with Gasteiger partial charge >= 0.3 is 5.97 Å². The molecule has 0 aliphatic heterocycles. The summed E-state index contributed by atoms with van der Waals surface area (Å²) in [5.41, 5.74) is 0.707. The molecule has 4 nitrogen and oxygen atoms in total. The number of benzene rings is 1. The Bertz CT molecular complexity index is 432. The van der Waals surface area contributed by atoms with Crippen LogP contribution in [0.25, 0.3) is 0 Å². The number of methoxy groups -OCH3 is 1. The van der Waals surface area contributed by atoms with Crippen LogP contribution >= 0.6 is 0 Å². The Labute approximate surface area is 100 Å². The number of carbonyl (C=O) groups is 1. The third kappa shape index (κ3) is 3.82. The first-order valence-corrected chi connectivity index (χ1v) is 5.14. The van der Waals surface area contributed by atoms with Gasteiger partial charge in [-0.15, -0.1) is 6.42 Å². The van der Waals surface area contributed by atoms with Crippen molar-refractivity contribution < 1.29 is 19.4 Å². The van der Waals surface area contributed by atoms with Gasteiger partial charge in [-0.3, -0.25) is 0 Å². The predicted octanol–water partition coefficient (Wildman–Crippen LogP) is 1.78. The topological polar surface area (TPSA) is 55.8 Å². The maximum atomic E-state index is 10.8. The summed E-state index contributed by atoms with van der Waals surface area (Å²) in [5, 5.41) is 8.86. The smallest absolute Gasteiger partial charge is 0.335 e. The third-order valence-electron chi connectivity index (χ3n) is 2.13. The van der Waals surface area contributed by atoms with E-state index in [2.05, 4.69) is 5.92 Å². The van der Waals surface area contributed by atoms with Crippen molar-refractivity contribution in [2.75, 3.05) is 20.3 Å². The molecule has 1 N–H and O–H groups in total. The van der Waals surface area contributed by atoms with Crippen molar-refractivity contribution in [3.05, 3.63) is 29.3 Å². The minimum atomic E-state index is -1.00. The highest BCUT2D eigenvalue weighted by atomic mass is 16.5. The van der Waals surface area contributed by atoms with E-state index in [-0.39, 0.29) is 5.56 Å². The van der Waals surface area contributed by atoms with Crippen LogP contribution in [0.4, 0.5) is 0 Å². The zero-order chi connectivity index (χ0) is 12.7. The second-order valence-electron chi connectivity index (χ2n) is 3.36. The molecule has 0 saturated carbocycles. The van der Waals surface area contributed by atoms with Crippen LogP contribution in [0.3, 0.4) is 0 Å². The van der Waals surface area contributed by atoms with Crippen LogP contribution < -0.4 is 4.74 Å². The lowest BCUT2D eigenvalue weighted by molar-refractivity contribution is 0.0696. The molecule has 0 fully saturated rings. The third-order valence-corrected chi connectivity index (χ3v) is 2.13. The highest BCUT2D eigenvalue weighted by molar-refractivity contribution is 5.88. The van der Waals surface area contributed by atoms with E-state index in [4.69, 9.17) is 21.0 Å².